The summed E-state index contributed by atoms with van der Waals surface area (Å²) in [5, 5.41) is 3.04. The number of hydrogen-bond donors (Lipinski definition) is 2. The highest BCUT2D eigenvalue weighted by molar-refractivity contribution is 5.98. The fourth-order valence-corrected chi connectivity index (χ4v) is 4.02. The summed E-state index contributed by atoms with van der Waals surface area (Å²) < 4.78 is 21.2. The SMILES string of the molecule is CCc1ccc(-c2ccc(C(=O)OC(=O)[C@H](CCC(N)=O)NCc3cc(OC)c(OC)c(OC)c3)cc2)cc1. The van der Waals surface area contributed by atoms with Crippen LogP contribution in [-0.2, 0) is 27.3 Å². The number of primary amides is 1. The summed E-state index contributed by atoms with van der Waals surface area (Å²) in [6, 6.07) is 17.5. The van der Waals surface area contributed by atoms with Gasteiger partial charge >= 0.3 is 11.9 Å². The number of nitrogens with one attached hydrogen (secondary N) is 1. The molecule has 0 unspecified atom stereocenters. The first kappa shape index (κ1) is 29.2. The Labute approximate surface area is 228 Å². The minimum atomic E-state index is -0.961. The predicted molar refractivity (Wildman–Crippen MR) is 147 cm³/mol. The summed E-state index contributed by atoms with van der Waals surface area (Å²) in [4.78, 5) is 37.1. The van der Waals surface area contributed by atoms with Gasteiger partial charge in [-0.05, 0) is 59.4 Å². The molecule has 3 aromatic carbocycles. The smallest absolute Gasteiger partial charge is 0.345 e. The van der Waals surface area contributed by atoms with Crippen molar-refractivity contribution >= 4 is 17.8 Å². The van der Waals surface area contributed by atoms with Crippen LogP contribution in [0.2, 0.25) is 0 Å². The summed E-state index contributed by atoms with van der Waals surface area (Å²) >= 11 is 0. The summed E-state index contributed by atoms with van der Waals surface area (Å²) in [5.41, 5.74) is 9.44. The van der Waals surface area contributed by atoms with Crippen molar-refractivity contribution in [3.8, 4) is 28.4 Å². The molecule has 1 atom stereocenters. The molecule has 0 fully saturated rings. The van der Waals surface area contributed by atoms with Gasteiger partial charge in [-0.2, -0.15) is 0 Å². The normalized spacial score (nSPS) is 11.4. The number of nitrogens with two attached hydrogens (primary N) is 1. The number of aryl methyl sites for hydroxylation is 1. The van der Waals surface area contributed by atoms with Crippen molar-refractivity contribution in [2.45, 2.75) is 38.8 Å². The number of esters is 2. The van der Waals surface area contributed by atoms with Crippen LogP contribution in [0.15, 0.2) is 60.7 Å². The van der Waals surface area contributed by atoms with E-state index in [-0.39, 0.29) is 24.9 Å². The number of ether oxygens (including phenoxy) is 4. The predicted octanol–water partition coefficient (Wildman–Crippen LogP) is 4.05. The van der Waals surface area contributed by atoms with Gasteiger partial charge in [-0.3, -0.25) is 4.79 Å². The average Bonchev–Trinajstić information content (AvgIpc) is 2.96. The number of rotatable bonds is 13. The van der Waals surface area contributed by atoms with E-state index in [0.717, 1.165) is 23.1 Å². The standard InChI is InChI=1S/C30H34N2O7/c1-5-19-6-8-21(9-7-19)22-10-12-23(13-11-22)29(34)39-30(35)24(14-15-27(31)33)32-18-20-16-25(36-2)28(38-4)26(17-20)37-3/h6-13,16-17,24,32H,5,14-15,18H2,1-4H3,(H2,31,33)/t24-/m0/s1. The molecule has 0 aliphatic rings. The van der Waals surface area contributed by atoms with Crippen molar-refractivity contribution in [2.24, 2.45) is 5.73 Å². The maximum atomic E-state index is 12.9. The van der Waals surface area contributed by atoms with Crippen LogP contribution >= 0.6 is 0 Å². The molecular weight excluding hydrogens is 500 g/mol. The Morgan fingerprint density at radius 1 is 0.821 bits per heavy atom. The van der Waals surface area contributed by atoms with E-state index in [0.29, 0.717) is 17.2 Å². The lowest BCUT2D eigenvalue weighted by molar-refractivity contribution is -0.140. The molecule has 9 nitrogen and oxygen atoms in total. The minimum absolute atomic E-state index is 0.0541. The van der Waals surface area contributed by atoms with Crippen LogP contribution in [0.5, 0.6) is 17.2 Å². The van der Waals surface area contributed by atoms with Crippen molar-refractivity contribution in [3.63, 3.8) is 0 Å². The second-order valence-electron chi connectivity index (χ2n) is 8.81. The van der Waals surface area contributed by atoms with Gasteiger partial charge in [0.25, 0.3) is 0 Å². The molecule has 0 saturated carbocycles. The van der Waals surface area contributed by atoms with Crippen LogP contribution in [0.1, 0.15) is 41.3 Å². The van der Waals surface area contributed by atoms with Gasteiger partial charge in [-0.15, -0.1) is 0 Å². The zero-order chi connectivity index (χ0) is 28.4. The molecule has 206 valence electrons. The molecule has 3 rings (SSSR count). The van der Waals surface area contributed by atoms with Crippen LogP contribution in [0, 0.1) is 0 Å². The lowest BCUT2D eigenvalue weighted by atomic mass is 10.0. The monoisotopic (exact) mass is 534 g/mol. The van der Waals surface area contributed by atoms with Gasteiger partial charge in [0.15, 0.2) is 11.5 Å². The van der Waals surface area contributed by atoms with E-state index in [1.807, 2.05) is 12.1 Å². The van der Waals surface area contributed by atoms with Crippen LogP contribution in [0.4, 0.5) is 0 Å². The molecule has 0 aliphatic carbocycles. The zero-order valence-electron chi connectivity index (χ0n) is 22.6. The van der Waals surface area contributed by atoms with Crippen molar-refractivity contribution < 1.29 is 33.3 Å². The van der Waals surface area contributed by atoms with Gasteiger partial charge in [0.2, 0.25) is 11.7 Å². The third kappa shape index (κ3) is 7.81. The molecular formula is C30H34N2O7. The first-order valence-corrected chi connectivity index (χ1v) is 12.6. The largest absolute Gasteiger partial charge is 0.493 e. The number of amides is 1. The molecule has 0 aromatic heterocycles. The fourth-order valence-electron chi connectivity index (χ4n) is 4.02. The Balaban J connectivity index is 1.70. The Bertz CT molecular complexity index is 1260. The molecule has 0 aliphatic heterocycles. The molecule has 0 bridgehead atoms. The van der Waals surface area contributed by atoms with E-state index in [4.69, 9.17) is 24.7 Å². The van der Waals surface area contributed by atoms with Crippen molar-refractivity contribution in [2.75, 3.05) is 21.3 Å². The minimum Gasteiger partial charge on any atom is -0.493 e. The highest BCUT2D eigenvalue weighted by Gasteiger charge is 2.24. The van der Waals surface area contributed by atoms with Gasteiger partial charge < -0.3 is 30.0 Å². The molecule has 3 aromatic rings. The van der Waals surface area contributed by atoms with E-state index < -0.39 is 23.9 Å². The Morgan fingerprint density at radius 3 is 1.87 bits per heavy atom. The highest BCUT2D eigenvalue weighted by atomic mass is 16.6. The average molecular weight is 535 g/mol. The summed E-state index contributed by atoms with van der Waals surface area (Å²) in [7, 11) is 4.51. The topological polar surface area (TPSA) is 126 Å². The summed E-state index contributed by atoms with van der Waals surface area (Å²) in [6.45, 7) is 2.28. The van der Waals surface area contributed by atoms with E-state index in [9.17, 15) is 14.4 Å². The Morgan fingerprint density at radius 2 is 1.38 bits per heavy atom. The lowest BCUT2D eigenvalue weighted by Crippen LogP contribution is -2.39. The first-order valence-electron chi connectivity index (χ1n) is 12.6. The molecule has 0 saturated heterocycles. The van der Waals surface area contributed by atoms with E-state index in [2.05, 4.69) is 24.4 Å². The van der Waals surface area contributed by atoms with E-state index in [1.54, 1.807) is 36.4 Å². The van der Waals surface area contributed by atoms with Crippen molar-refractivity contribution in [1.82, 2.24) is 5.32 Å². The van der Waals surface area contributed by atoms with Crippen LogP contribution in [0.3, 0.4) is 0 Å². The van der Waals surface area contributed by atoms with Crippen molar-refractivity contribution in [3.05, 3.63) is 77.4 Å². The van der Waals surface area contributed by atoms with Gasteiger partial charge in [-0.1, -0.05) is 43.3 Å². The molecule has 39 heavy (non-hydrogen) atoms. The van der Waals surface area contributed by atoms with E-state index in [1.165, 1.54) is 26.9 Å². The Hall–Kier alpha value is -4.37. The molecule has 0 spiro atoms. The van der Waals surface area contributed by atoms with Crippen LogP contribution in [0.25, 0.3) is 11.1 Å². The van der Waals surface area contributed by atoms with E-state index >= 15 is 0 Å². The molecule has 0 radical (unpaired) electrons. The van der Waals surface area contributed by atoms with Gasteiger partial charge in [0.1, 0.15) is 6.04 Å². The molecule has 1 amide bonds. The van der Waals surface area contributed by atoms with Crippen LogP contribution < -0.4 is 25.3 Å². The zero-order valence-corrected chi connectivity index (χ0v) is 22.6. The highest BCUT2D eigenvalue weighted by Crippen LogP contribution is 2.38. The number of benzene rings is 3. The molecule has 0 heterocycles. The maximum absolute atomic E-state index is 12.9. The molecule has 9 heteroatoms. The van der Waals surface area contributed by atoms with Gasteiger partial charge in [-0.25, -0.2) is 9.59 Å². The number of hydrogen-bond acceptors (Lipinski definition) is 8. The third-order valence-corrected chi connectivity index (χ3v) is 6.25. The number of methoxy groups -OCH3 is 3. The summed E-state index contributed by atoms with van der Waals surface area (Å²) in [6.07, 6.45) is 0.942. The summed E-state index contributed by atoms with van der Waals surface area (Å²) in [5.74, 6) is -0.839. The maximum Gasteiger partial charge on any atom is 0.345 e. The fraction of sp³-hybridized carbons (Fsp3) is 0.300. The number of carbonyl (C=O) groups is 3. The second kappa shape index (κ2) is 14.0. The van der Waals surface area contributed by atoms with Crippen molar-refractivity contribution in [1.29, 1.82) is 0 Å². The third-order valence-electron chi connectivity index (χ3n) is 6.25. The Kier molecular flexibility index (Phi) is 10.5. The molecule has 3 N–H and O–H groups in total. The van der Waals surface area contributed by atoms with Gasteiger partial charge in [0.05, 0.1) is 26.9 Å². The number of carbonyl (C=O) groups excluding carboxylic acids is 3. The first-order chi connectivity index (χ1) is 18.8. The van der Waals surface area contributed by atoms with Crippen LogP contribution in [-0.4, -0.2) is 45.2 Å². The quantitative estimate of drug-likeness (QED) is 0.249. The second-order valence-corrected chi connectivity index (χ2v) is 8.81. The lowest BCUT2D eigenvalue weighted by Gasteiger charge is -2.18. The van der Waals surface area contributed by atoms with Gasteiger partial charge in [0, 0.05) is 13.0 Å².